The van der Waals surface area contributed by atoms with Crippen LogP contribution in [-0.2, 0) is 0 Å². The molecule has 0 unspecified atom stereocenters. The van der Waals surface area contributed by atoms with E-state index in [1.54, 1.807) is 0 Å². The first-order valence-electron chi connectivity index (χ1n) is 7.79. The second-order valence-corrected chi connectivity index (χ2v) is 5.57. The summed E-state index contributed by atoms with van der Waals surface area (Å²) >= 11 is 0. The van der Waals surface area contributed by atoms with Crippen molar-refractivity contribution in [1.82, 2.24) is 15.2 Å². The van der Waals surface area contributed by atoms with Crippen LogP contribution in [0, 0.1) is 20.8 Å². The van der Waals surface area contributed by atoms with Gasteiger partial charge in [0, 0.05) is 30.2 Å². The van der Waals surface area contributed by atoms with Crippen LogP contribution in [0.25, 0.3) is 5.69 Å². The van der Waals surface area contributed by atoms with E-state index >= 15 is 0 Å². The maximum atomic E-state index is 12.3. The number of likely N-dealkylation sites (N-methyl/N-ethyl adjacent to an activating group) is 1. The summed E-state index contributed by atoms with van der Waals surface area (Å²) in [7, 11) is 0. The van der Waals surface area contributed by atoms with Crippen LogP contribution in [0.5, 0.6) is 0 Å². The van der Waals surface area contributed by atoms with E-state index in [4.69, 9.17) is 0 Å². The highest BCUT2D eigenvalue weighted by Crippen LogP contribution is 2.21. The first-order valence-corrected chi connectivity index (χ1v) is 7.79. The standard InChI is InChI=1S/C18H25N3O/c1-5-19-9-10-20-18(22)17-12-14(3)21(15(17)4)16-8-6-7-13(2)11-16/h6-8,11-12,19H,5,9-10H2,1-4H3,(H,20,22). The van der Waals surface area contributed by atoms with E-state index in [9.17, 15) is 4.79 Å². The normalized spacial score (nSPS) is 10.7. The van der Waals surface area contributed by atoms with Crippen LogP contribution in [0.1, 0.15) is 34.2 Å². The van der Waals surface area contributed by atoms with E-state index in [2.05, 4.69) is 47.2 Å². The van der Waals surface area contributed by atoms with E-state index in [1.165, 1.54) is 5.56 Å². The highest BCUT2D eigenvalue weighted by Gasteiger charge is 2.16. The fraction of sp³-hybridized carbons (Fsp3) is 0.389. The molecule has 0 fully saturated rings. The Morgan fingerprint density at radius 3 is 2.59 bits per heavy atom. The largest absolute Gasteiger partial charge is 0.351 e. The number of aromatic nitrogens is 1. The first-order chi connectivity index (χ1) is 10.5. The Kier molecular flexibility index (Phi) is 5.39. The number of rotatable bonds is 6. The molecule has 2 aromatic rings. The Bertz CT molecular complexity index is 658. The van der Waals surface area contributed by atoms with Crippen molar-refractivity contribution in [1.29, 1.82) is 0 Å². The van der Waals surface area contributed by atoms with Crippen LogP contribution < -0.4 is 10.6 Å². The van der Waals surface area contributed by atoms with Crippen LogP contribution in [0.15, 0.2) is 30.3 Å². The molecule has 0 spiro atoms. The monoisotopic (exact) mass is 299 g/mol. The van der Waals surface area contributed by atoms with Gasteiger partial charge in [0.1, 0.15) is 0 Å². The van der Waals surface area contributed by atoms with E-state index in [-0.39, 0.29) is 5.91 Å². The number of aryl methyl sites for hydroxylation is 2. The lowest BCUT2D eigenvalue weighted by molar-refractivity contribution is 0.0953. The molecule has 0 aliphatic heterocycles. The molecule has 2 N–H and O–H groups in total. The second-order valence-electron chi connectivity index (χ2n) is 5.57. The summed E-state index contributed by atoms with van der Waals surface area (Å²) in [4.78, 5) is 12.3. The number of nitrogens with zero attached hydrogens (tertiary/aromatic N) is 1. The molecule has 0 aliphatic rings. The van der Waals surface area contributed by atoms with Crippen molar-refractivity contribution in [2.75, 3.05) is 19.6 Å². The van der Waals surface area contributed by atoms with Crippen LogP contribution in [0.3, 0.4) is 0 Å². The van der Waals surface area contributed by atoms with Crippen molar-refractivity contribution in [3.63, 3.8) is 0 Å². The first kappa shape index (κ1) is 16.3. The van der Waals surface area contributed by atoms with Crippen molar-refractivity contribution in [3.05, 3.63) is 52.8 Å². The topological polar surface area (TPSA) is 46.1 Å². The molecular weight excluding hydrogens is 274 g/mol. The third-order valence-corrected chi connectivity index (χ3v) is 3.77. The van der Waals surface area contributed by atoms with Crippen LogP contribution in [0.4, 0.5) is 0 Å². The molecule has 118 valence electrons. The van der Waals surface area contributed by atoms with Crippen molar-refractivity contribution >= 4 is 5.91 Å². The maximum Gasteiger partial charge on any atom is 0.253 e. The van der Waals surface area contributed by atoms with Gasteiger partial charge in [0.15, 0.2) is 0 Å². The van der Waals surface area contributed by atoms with Gasteiger partial charge in [-0.05, 0) is 51.1 Å². The number of carbonyl (C=O) groups is 1. The van der Waals surface area contributed by atoms with Gasteiger partial charge in [0.05, 0.1) is 5.56 Å². The fourth-order valence-electron chi connectivity index (χ4n) is 2.69. The summed E-state index contributed by atoms with van der Waals surface area (Å²) in [5.41, 5.74) is 5.10. The Labute approximate surface area is 132 Å². The van der Waals surface area contributed by atoms with E-state index in [0.29, 0.717) is 6.54 Å². The molecular formula is C18H25N3O. The number of benzene rings is 1. The van der Waals surface area contributed by atoms with Gasteiger partial charge in [-0.1, -0.05) is 19.1 Å². The summed E-state index contributed by atoms with van der Waals surface area (Å²) in [5, 5.41) is 6.16. The van der Waals surface area contributed by atoms with Gasteiger partial charge in [-0.3, -0.25) is 4.79 Å². The summed E-state index contributed by atoms with van der Waals surface area (Å²) in [6, 6.07) is 10.3. The molecule has 0 radical (unpaired) electrons. The molecule has 22 heavy (non-hydrogen) atoms. The smallest absolute Gasteiger partial charge is 0.253 e. The summed E-state index contributed by atoms with van der Waals surface area (Å²) < 4.78 is 2.13. The lowest BCUT2D eigenvalue weighted by Crippen LogP contribution is -2.31. The average Bonchev–Trinajstić information content (AvgIpc) is 2.78. The van der Waals surface area contributed by atoms with Crippen molar-refractivity contribution in [3.8, 4) is 5.69 Å². The quantitative estimate of drug-likeness (QED) is 0.806. The van der Waals surface area contributed by atoms with Crippen LogP contribution in [0.2, 0.25) is 0 Å². The van der Waals surface area contributed by atoms with Gasteiger partial charge in [-0.2, -0.15) is 0 Å². The van der Waals surface area contributed by atoms with Gasteiger partial charge in [0.2, 0.25) is 0 Å². The minimum absolute atomic E-state index is 0.00935. The van der Waals surface area contributed by atoms with Crippen molar-refractivity contribution < 1.29 is 4.79 Å². The Balaban J connectivity index is 2.22. The van der Waals surface area contributed by atoms with Crippen LogP contribution in [-0.4, -0.2) is 30.1 Å². The molecule has 2 rings (SSSR count). The van der Waals surface area contributed by atoms with Gasteiger partial charge in [-0.25, -0.2) is 0 Å². The zero-order chi connectivity index (χ0) is 16.1. The molecule has 1 aromatic heterocycles. The number of amides is 1. The highest BCUT2D eigenvalue weighted by molar-refractivity contribution is 5.95. The molecule has 1 amide bonds. The highest BCUT2D eigenvalue weighted by atomic mass is 16.1. The zero-order valence-electron chi connectivity index (χ0n) is 13.9. The van der Waals surface area contributed by atoms with Gasteiger partial charge < -0.3 is 15.2 Å². The van der Waals surface area contributed by atoms with E-state index < -0.39 is 0 Å². The molecule has 1 aromatic carbocycles. The van der Waals surface area contributed by atoms with Crippen LogP contribution >= 0.6 is 0 Å². The number of hydrogen-bond acceptors (Lipinski definition) is 2. The predicted molar refractivity (Wildman–Crippen MR) is 90.9 cm³/mol. The maximum absolute atomic E-state index is 12.3. The molecule has 0 aliphatic carbocycles. The van der Waals surface area contributed by atoms with Crippen molar-refractivity contribution in [2.24, 2.45) is 0 Å². The number of hydrogen-bond donors (Lipinski definition) is 2. The van der Waals surface area contributed by atoms with Gasteiger partial charge >= 0.3 is 0 Å². The molecule has 0 atom stereocenters. The third kappa shape index (κ3) is 3.57. The number of carbonyl (C=O) groups excluding carboxylic acids is 1. The molecule has 0 saturated heterocycles. The molecule has 0 bridgehead atoms. The third-order valence-electron chi connectivity index (χ3n) is 3.77. The SMILES string of the molecule is CCNCCNC(=O)c1cc(C)n(-c2cccc(C)c2)c1C. The zero-order valence-corrected chi connectivity index (χ0v) is 13.9. The minimum atomic E-state index is -0.00935. The summed E-state index contributed by atoms with van der Waals surface area (Å²) in [6.07, 6.45) is 0. The average molecular weight is 299 g/mol. The Hall–Kier alpha value is -2.07. The van der Waals surface area contributed by atoms with Crippen molar-refractivity contribution in [2.45, 2.75) is 27.7 Å². The Morgan fingerprint density at radius 1 is 1.14 bits per heavy atom. The number of nitrogens with one attached hydrogen (secondary N) is 2. The summed E-state index contributed by atoms with van der Waals surface area (Å²) in [6.45, 7) is 10.5. The molecule has 4 nitrogen and oxygen atoms in total. The van der Waals surface area contributed by atoms with Gasteiger partial charge in [0.25, 0.3) is 5.91 Å². The molecule has 0 saturated carbocycles. The lowest BCUT2D eigenvalue weighted by Gasteiger charge is -2.11. The second kappa shape index (κ2) is 7.27. The Morgan fingerprint density at radius 2 is 1.91 bits per heavy atom. The van der Waals surface area contributed by atoms with Gasteiger partial charge in [-0.15, -0.1) is 0 Å². The lowest BCUT2D eigenvalue weighted by atomic mass is 10.2. The fourth-order valence-corrected chi connectivity index (χ4v) is 2.69. The minimum Gasteiger partial charge on any atom is -0.351 e. The predicted octanol–water partition coefficient (Wildman–Crippen LogP) is 2.74. The molecule has 1 heterocycles. The van der Waals surface area contributed by atoms with E-state index in [0.717, 1.165) is 35.7 Å². The molecule has 4 heteroatoms. The van der Waals surface area contributed by atoms with E-state index in [1.807, 2.05) is 26.0 Å². The summed E-state index contributed by atoms with van der Waals surface area (Å²) in [5.74, 6) is -0.00935.